The zero-order valence-corrected chi connectivity index (χ0v) is 17.8. The molecule has 0 saturated carbocycles. The second kappa shape index (κ2) is 9.80. The molecule has 0 N–H and O–H groups in total. The van der Waals surface area contributed by atoms with Gasteiger partial charge >= 0.3 is 5.97 Å². The number of likely N-dealkylation sites (tertiary alicyclic amines) is 1. The minimum Gasteiger partial charge on any atom is -0.482 e. The molecule has 2 fully saturated rings. The smallest absolute Gasteiger partial charge is 0.343 e. The molecule has 0 unspecified atom stereocenters. The lowest BCUT2D eigenvalue weighted by molar-refractivity contribution is -0.143. The number of thioether (sulfide) groups is 1. The molecule has 3 amide bonds. The molecule has 0 spiro atoms. The highest BCUT2D eigenvalue weighted by Gasteiger charge is 2.37. The number of methoxy groups -OCH3 is 1. The monoisotopic (exact) mass is 432 g/mol. The van der Waals surface area contributed by atoms with Crippen LogP contribution in [0.15, 0.2) is 29.2 Å². The topological polar surface area (TPSA) is 93.2 Å². The molecule has 0 aromatic heterocycles. The van der Waals surface area contributed by atoms with E-state index < -0.39 is 17.1 Å². The lowest BCUT2D eigenvalue weighted by Gasteiger charge is -2.34. The molecular weight excluding hydrogens is 408 g/mol. The summed E-state index contributed by atoms with van der Waals surface area (Å²) in [6.45, 7) is 2.23. The van der Waals surface area contributed by atoms with Crippen molar-refractivity contribution in [1.82, 2.24) is 9.80 Å². The number of amides is 3. The SMILES string of the molecule is COC(=O)COc1ccc(/C=C2\SC(=O)N(CC(=O)N3CCCC[C@@H]3C)C2=O)cc1. The number of ether oxygens (including phenoxy) is 2. The molecule has 2 heterocycles. The summed E-state index contributed by atoms with van der Waals surface area (Å²) in [5.74, 6) is -0.667. The Morgan fingerprint density at radius 3 is 2.60 bits per heavy atom. The van der Waals surface area contributed by atoms with Gasteiger partial charge in [0, 0.05) is 12.6 Å². The molecule has 3 rings (SSSR count). The van der Waals surface area contributed by atoms with Gasteiger partial charge in [-0.1, -0.05) is 12.1 Å². The van der Waals surface area contributed by atoms with Crippen LogP contribution in [0.5, 0.6) is 5.75 Å². The normalized spacial score (nSPS) is 20.6. The van der Waals surface area contributed by atoms with E-state index in [-0.39, 0.29) is 30.0 Å². The van der Waals surface area contributed by atoms with E-state index in [0.29, 0.717) is 17.9 Å². The first-order valence-electron chi connectivity index (χ1n) is 9.73. The van der Waals surface area contributed by atoms with Crippen LogP contribution >= 0.6 is 11.8 Å². The average molecular weight is 432 g/mol. The number of carbonyl (C=O) groups is 4. The van der Waals surface area contributed by atoms with Gasteiger partial charge in [-0.05, 0) is 61.7 Å². The summed E-state index contributed by atoms with van der Waals surface area (Å²) < 4.78 is 9.79. The number of rotatable bonds is 6. The highest BCUT2D eigenvalue weighted by Crippen LogP contribution is 2.32. The lowest BCUT2D eigenvalue weighted by atomic mass is 10.0. The molecule has 8 nitrogen and oxygen atoms in total. The number of piperidine rings is 1. The third-order valence-corrected chi connectivity index (χ3v) is 5.96. The van der Waals surface area contributed by atoms with Crippen molar-refractivity contribution in [2.45, 2.75) is 32.2 Å². The molecule has 0 bridgehead atoms. The van der Waals surface area contributed by atoms with Crippen LogP contribution in [-0.4, -0.2) is 65.7 Å². The largest absolute Gasteiger partial charge is 0.482 e. The molecular formula is C21H24N2O6S. The van der Waals surface area contributed by atoms with Crippen LogP contribution in [0, 0.1) is 0 Å². The molecule has 2 saturated heterocycles. The number of nitrogens with zero attached hydrogens (tertiary/aromatic N) is 2. The highest BCUT2D eigenvalue weighted by atomic mass is 32.2. The molecule has 0 radical (unpaired) electrons. The van der Waals surface area contributed by atoms with Crippen molar-refractivity contribution in [3.05, 3.63) is 34.7 Å². The average Bonchev–Trinajstić information content (AvgIpc) is 3.00. The van der Waals surface area contributed by atoms with Crippen LogP contribution < -0.4 is 4.74 Å². The van der Waals surface area contributed by atoms with Crippen molar-refractivity contribution in [2.75, 3.05) is 26.8 Å². The number of carbonyl (C=O) groups excluding carboxylic acids is 4. The Bertz CT molecular complexity index is 867. The van der Waals surface area contributed by atoms with E-state index in [1.54, 1.807) is 35.2 Å². The van der Waals surface area contributed by atoms with Crippen LogP contribution in [-0.2, 0) is 19.1 Å². The van der Waals surface area contributed by atoms with Gasteiger partial charge in [-0.15, -0.1) is 0 Å². The van der Waals surface area contributed by atoms with Crippen molar-refractivity contribution >= 4 is 40.9 Å². The minimum atomic E-state index is -0.485. The maximum atomic E-state index is 12.7. The molecule has 160 valence electrons. The van der Waals surface area contributed by atoms with E-state index in [1.807, 2.05) is 6.92 Å². The van der Waals surface area contributed by atoms with Gasteiger partial charge in [0.05, 0.1) is 12.0 Å². The number of hydrogen-bond donors (Lipinski definition) is 0. The number of hydrogen-bond acceptors (Lipinski definition) is 7. The molecule has 2 aliphatic heterocycles. The van der Waals surface area contributed by atoms with Crippen LogP contribution in [0.3, 0.4) is 0 Å². The van der Waals surface area contributed by atoms with Gasteiger partial charge in [0.1, 0.15) is 12.3 Å². The summed E-state index contributed by atoms with van der Waals surface area (Å²) in [6, 6.07) is 6.85. The molecule has 0 aliphatic carbocycles. The molecule has 1 aromatic rings. The second-order valence-electron chi connectivity index (χ2n) is 7.13. The standard InChI is InChI=1S/C21H24N2O6S/c1-14-5-3-4-10-22(14)18(24)12-23-20(26)17(30-21(23)27)11-15-6-8-16(9-7-15)29-13-19(25)28-2/h6-9,11,14H,3-5,10,12-13H2,1-2H3/b17-11-/t14-/m0/s1. The van der Waals surface area contributed by atoms with Crippen LogP contribution in [0.25, 0.3) is 6.08 Å². The molecule has 1 aromatic carbocycles. The summed E-state index contributed by atoms with van der Waals surface area (Å²) >= 11 is 0.823. The Hall–Kier alpha value is -2.81. The first-order chi connectivity index (χ1) is 14.4. The Morgan fingerprint density at radius 2 is 1.93 bits per heavy atom. The second-order valence-corrected chi connectivity index (χ2v) is 8.13. The maximum absolute atomic E-state index is 12.7. The minimum absolute atomic E-state index is 0.127. The predicted octanol–water partition coefficient (Wildman–Crippen LogP) is 2.68. The van der Waals surface area contributed by atoms with Gasteiger partial charge in [-0.25, -0.2) is 4.79 Å². The van der Waals surface area contributed by atoms with Crippen molar-refractivity contribution in [2.24, 2.45) is 0 Å². The lowest BCUT2D eigenvalue weighted by Crippen LogP contribution is -2.47. The summed E-state index contributed by atoms with van der Waals surface area (Å²) in [4.78, 5) is 51.7. The van der Waals surface area contributed by atoms with Crippen LogP contribution in [0.2, 0.25) is 0 Å². The van der Waals surface area contributed by atoms with Gasteiger partial charge in [0.2, 0.25) is 5.91 Å². The van der Waals surface area contributed by atoms with E-state index in [0.717, 1.165) is 35.9 Å². The van der Waals surface area contributed by atoms with Crippen molar-refractivity contribution in [3.63, 3.8) is 0 Å². The molecule has 9 heteroatoms. The summed E-state index contributed by atoms with van der Waals surface area (Å²) in [7, 11) is 1.28. The fraction of sp³-hybridized carbons (Fsp3) is 0.429. The third kappa shape index (κ3) is 5.21. The van der Waals surface area contributed by atoms with E-state index in [4.69, 9.17) is 4.74 Å². The Kier molecular flexibility index (Phi) is 7.15. The van der Waals surface area contributed by atoms with Gasteiger partial charge in [0.25, 0.3) is 11.1 Å². The van der Waals surface area contributed by atoms with Gasteiger partial charge in [-0.3, -0.25) is 19.3 Å². The summed E-state index contributed by atoms with van der Waals surface area (Å²) in [5.41, 5.74) is 0.696. The van der Waals surface area contributed by atoms with Gasteiger partial charge in [-0.2, -0.15) is 0 Å². The van der Waals surface area contributed by atoms with E-state index >= 15 is 0 Å². The van der Waals surface area contributed by atoms with E-state index in [1.165, 1.54) is 7.11 Å². The Morgan fingerprint density at radius 1 is 1.20 bits per heavy atom. The maximum Gasteiger partial charge on any atom is 0.343 e. The fourth-order valence-corrected chi connectivity index (χ4v) is 4.18. The molecule has 1 atom stereocenters. The fourth-order valence-electron chi connectivity index (χ4n) is 3.34. The van der Waals surface area contributed by atoms with Crippen LogP contribution in [0.1, 0.15) is 31.7 Å². The first kappa shape index (κ1) is 21.9. The number of imide groups is 1. The molecule has 2 aliphatic rings. The zero-order valence-electron chi connectivity index (χ0n) is 17.0. The Labute approximate surface area is 179 Å². The summed E-state index contributed by atoms with van der Waals surface area (Å²) in [5, 5.41) is -0.442. The predicted molar refractivity (Wildman–Crippen MR) is 112 cm³/mol. The van der Waals surface area contributed by atoms with Crippen molar-refractivity contribution < 1.29 is 28.7 Å². The number of benzene rings is 1. The third-order valence-electron chi connectivity index (χ3n) is 5.05. The highest BCUT2D eigenvalue weighted by molar-refractivity contribution is 8.18. The quantitative estimate of drug-likeness (QED) is 0.504. The van der Waals surface area contributed by atoms with Crippen molar-refractivity contribution in [3.8, 4) is 5.75 Å². The molecule has 30 heavy (non-hydrogen) atoms. The Balaban J connectivity index is 1.63. The van der Waals surface area contributed by atoms with Gasteiger partial charge in [0.15, 0.2) is 6.61 Å². The van der Waals surface area contributed by atoms with E-state index in [2.05, 4.69) is 4.74 Å². The van der Waals surface area contributed by atoms with Crippen molar-refractivity contribution in [1.29, 1.82) is 0 Å². The zero-order chi connectivity index (χ0) is 21.7. The van der Waals surface area contributed by atoms with Gasteiger partial charge < -0.3 is 14.4 Å². The summed E-state index contributed by atoms with van der Waals surface area (Å²) in [6.07, 6.45) is 4.56. The van der Waals surface area contributed by atoms with Crippen LogP contribution in [0.4, 0.5) is 4.79 Å². The van der Waals surface area contributed by atoms with E-state index in [9.17, 15) is 19.2 Å². The first-order valence-corrected chi connectivity index (χ1v) is 10.5. The number of esters is 1.